The van der Waals surface area contributed by atoms with Gasteiger partial charge in [-0.1, -0.05) is 48.7 Å². The molecule has 0 spiro atoms. The SMILES string of the molecule is O=C(NCc1ccc(S(=O)(=O)N2CCCCC2)cc1)C1(c2ccc(Cl)cc2)CCC1. The standard InChI is InChI=1S/C23H27ClN2O3S/c24-20-9-7-19(8-10-20)23(13-4-14-23)22(27)25-17-18-5-11-21(12-6-18)30(28,29)26-15-2-1-3-16-26/h5-12H,1-4,13-17H2,(H,25,27). The number of hydrogen-bond acceptors (Lipinski definition) is 3. The number of carbonyl (C=O) groups excluding carboxylic acids is 1. The summed E-state index contributed by atoms with van der Waals surface area (Å²) < 4.78 is 27.1. The van der Waals surface area contributed by atoms with Crippen molar-refractivity contribution < 1.29 is 13.2 Å². The zero-order valence-corrected chi connectivity index (χ0v) is 18.5. The molecule has 0 bridgehead atoms. The first kappa shape index (κ1) is 21.3. The van der Waals surface area contributed by atoms with Gasteiger partial charge in [0.15, 0.2) is 0 Å². The van der Waals surface area contributed by atoms with Crippen LogP contribution in [0.3, 0.4) is 0 Å². The molecule has 4 rings (SSSR count). The number of hydrogen-bond donors (Lipinski definition) is 1. The summed E-state index contributed by atoms with van der Waals surface area (Å²) in [5.74, 6) is 0.0149. The average Bonchev–Trinajstić information content (AvgIpc) is 2.74. The smallest absolute Gasteiger partial charge is 0.243 e. The van der Waals surface area contributed by atoms with E-state index in [1.807, 2.05) is 24.3 Å². The van der Waals surface area contributed by atoms with Crippen molar-refractivity contribution in [3.63, 3.8) is 0 Å². The van der Waals surface area contributed by atoms with Crippen LogP contribution in [0, 0.1) is 0 Å². The Morgan fingerprint density at radius 1 is 0.933 bits per heavy atom. The van der Waals surface area contributed by atoms with Gasteiger partial charge >= 0.3 is 0 Å². The molecule has 0 radical (unpaired) electrons. The minimum absolute atomic E-state index is 0.0149. The van der Waals surface area contributed by atoms with Crippen LogP contribution in [0.25, 0.3) is 0 Å². The van der Waals surface area contributed by atoms with Crippen molar-refractivity contribution >= 4 is 27.5 Å². The number of nitrogens with one attached hydrogen (secondary N) is 1. The Kier molecular flexibility index (Phi) is 6.19. The third kappa shape index (κ3) is 4.13. The van der Waals surface area contributed by atoms with Crippen LogP contribution in [0.5, 0.6) is 0 Å². The number of rotatable bonds is 6. The van der Waals surface area contributed by atoms with Crippen LogP contribution in [-0.4, -0.2) is 31.7 Å². The summed E-state index contributed by atoms with van der Waals surface area (Å²) in [6.07, 6.45) is 5.60. The Morgan fingerprint density at radius 3 is 2.13 bits per heavy atom. The third-order valence-electron chi connectivity index (χ3n) is 6.37. The maximum absolute atomic E-state index is 13.0. The molecule has 0 aromatic heterocycles. The van der Waals surface area contributed by atoms with E-state index < -0.39 is 15.4 Å². The van der Waals surface area contributed by atoms with Gasteiger partial charge in [0.25, 0.3) is 0 Å². The van der Waals surface area contributed by atoms with Gasteiger partial charge in [0.1, 0.15) is 0 Å². The first-order valence-corrected chi connectivity index (χ1v) is 12.4. The lowest BCUT2D eigenvalue weighted by molar-refractivity contribution is -0.130. The molecule has 7 heteroatoms. The minimum atomic E-state index is -3.43. The lowest BCUT2D eigenvalue weighted by Crippen LogP contribution is -2.48. The van der Waals surface area contributed by atoms with E-state index in [0.29, 0.717) is 29.6 Å². The van der Waals surface area contributed by atoms with E-state index in [9.17, 15) is 13.2 Å². The molecule has 0 atom stereocenters. The first-order chi connectivity index (χ1) is 14.4. The summed E-state index contributed by atoms with van der Waals surface area (Å²) in [5.41, 5.74) is 1.40. The summed E-state index contributed by atoms with van der Waals surface area (Å²) in [4.78, 5) is 13.3. The number of carbonyl (C=O) groups is 1. The maximum Gasteiger partial charge on any atom is 0.243 e. The van der Waals surface area contributed by atoms with E-state index >= 15 is 0 Å². The van der Waals surface area contributed by atoms with Crippen molar-refractivity contribution in [3.05, 3.63) is 64.7 Å². The molecule has 1 aliphatic heterocycles. The maximum atomic E-state index is 13.0. The molecule has 2 aromatic rings. The van der Waals surface area contributed by atoms with Crippen LogP contribution in [0.2, 0.25) is 5.02 Å². The van der Waals surface area contributed by atoms with Gasteiger partial charge in [-0.25, -0.2) is 8.42 Å². The van der Waals surface area contributed by atoms with E-state index in [0.717, 1.165) is 49.7 Å². The zero-order valence-electron chi connectivity index (χ0n) is 16.9. The van der Waals surface area contributed by atoms with Gasteiger partial charge < -0.3 is 5.32 Å². The highest BCUT2D eigenvalue weighted by Gasteiger charge is 2.45. The van der Waals surface area contributed by atoms with Gasteiger partial charge in [0.05, 0.1) is 10.3 Å². The first-order valence-electron chi connectivity index (χ1n) is 10.6. The molecule has 2 aromatic carbocycles. The Morgan fingerprint density at radius 2 is 1.57 bits per heavy atom. The summed E-state index contributed by atoms with van der Waals surface area (Å²) in [6.45, 7) is 1.55. The van der Waals surface area contributed by atoms with Crippen molar-refractivity contribution in [2.24, 2.45) is 0 Å². The van der Waals surface area contributed by atoms with Crippen LogP contribution in [0.15, 0.2) is 53.4 Å². The van der Waals surface area contributed by atoms with Gasteiger partial charge in [-0.15, -0.1) is 0 Å². The highest BCUT2D eigenvalue weighted by Crippen LogP contribution is 2.44. The second-order valence-corrected chi connectivity index (χ2v) is 10.6. The van der Waals surface area contributed by atoms with Gasteiger partial charge in [-0.2, -0.15) is 4.31 Å². The lowest BCUT2D eigenvalue weighted by atomic mass is 9.64. The van der Waals surface area contributed by atoms with Gasteiger partial charge in [0, 0.05) is 24.7 Å². The number of amides is 1. The van der Waals surface area contributed by atoms with Crippen LogP contribution in [0.1, 0.15) is 49.7 Å². The predicted molar refractivity (Wildman–Crippen MR) is 118 cm³/mol. The molecule has 0 unspecified atom stereocenters. The highest BCUT2D eigenvalue weighted by molar-refractivity contribution is 7.89. The van der Waals surface area contributed by atoms with Crippen LogP contribution < -0.4 is 5.32 Å². The number of halogens is 1. The number of piperidine rings is 1. The van der Waals surface area contributed by atoms with E-state index in [1.165, 1.54) is 0 Å². The Labute approximate surface area is 183 Å². The number of nitrogens with zero attached hydrogens (tertiary/aromatic N) is 1. The molecule has 1 saturated carbocycles. The van der Waals surface area contributed by atoms with Crippen LogP contribution >= 0.6 is 11.6 Å². The number of benzene rings is 2. The molecule has 1 aliphatic carbocycles. The molecule has 2 fully saturated rings. The normalized spacial score (nSPS) is 19.1. The van der Waals surface area contributed by atoms with E-state index in [4.69, 9.17) is 11.6 Å². The molecule has 5 nitrogen and oxygen atoms in total. The fraction of sp³-hybridized carbons (Fsp3) is 0.435. The molecular formula is C23H27ClN2O3S. The molecule has 1 amide bonds. The van der Waals surface area contributed by atoms with E-state index in [-0.39, 0.29) is 5.91 Å². The highest BCUT2D eigenvalue weighted by atomic mass is 35.5. The molecule has 160 valence electrons. The molecule has 30 heavy (non-hydrogen) atoms. The topological polar surface area (TPSA) is 66.5 Å². The fourth-order valence-electron chi connectivity index (χ4n) is 4.33. The molecule has 1 N–H and O–H groups in total. The quantitative estimate of drug-likeness (QED) is 0.721. The van der Waals surface area contributed by atoms with E-state index in [2.05, 4.69) is 5.32 Å². The monoisotopic (exact) mass is 446 g/mol. The summed E-state index contributed by atoms with van der Waals surface area (Å²) in [5, 5.41) is 3.71. The second-order valence-electron chi connectivity index (χ2n) is 8.23. The molecule has 1 saturated heterocycles. The molecule has 2 aliphatic rings. The zero-order chi connectivity index (χ0) is 21.2. The lowest BCUT2D eigenvalue weighted by Gasteiger charge is -2.40. The second kappa shape index (κ2) is 8.69. The van der Waals surface area contributed by atoms with Crippen molar-refractivity contribution in [2.45, 2.75) is 55.4 Å². The third-order valence-corrected chi connectivity index (χ3v) is 8.53. The summed E-state index contributed by atoms with van der Waals surface area (Å²) in [6, 6.07) is 14.4. The molecular weight excluding hydrogens is 420 g/mol. The Balaban J connectivity index is 1.41. The number of sulfonamides is 1. The summed E-state index contributed by atoms with van der Waals surface area (Å²) >= 11 is 5.99. The Bertz CT molecular complexity index is 994. The van der Waals surface area contributed by atoms with Crippen molar-refractivity contribution in [1.29, 1.82) is 0 Å². The van der Waals surface area contributed by atoms with E-state index in [1.54, 1.807) is 28.6 Å². The van der Waals surface area contributed by atoms with Crippen molar-refractivity contribution in [3.8, 4) is 0 Å². The van der Waals surface area contributed by atoms with Crippen LogP contribution in [0.4, 0.5) is 0 Å². The summed E-state index contributed by atoms with van der Waals surface area (Å²) in [7, 11) is -3.43. The van der Waals surface area contributed by atoms with Crippen molar-refractivity contribution in [2.75, 3.05) is 13.1 Å². The van der Waals surface area contributed by atoms with Crippen LogP contribution in [-0.2, 0) is 26.8 Å². The van der Waals surface area contributed by atoms with Gasteiger partial charge in [0.2, 0.25) is 15.9 Å². The minimum Gasteiger partial charge on any atom is -0.351 e. The van der Waals surface area contributed by atoms with Gasteiger partial charge in [-0.3, -0.25) is 4.79 Å². The predicted octanol–water partition coefficient (Wildman–Crippen LogP) is 4.25. The molecule has 1 heterocycles. The van der Waals surface area contributed by atoms with Gasteiger partial charge in [-0.05, 0) is 61.1 Å². The largest absolute Gasteiger partial charge is 0.351 e. The average molecular weight is 447 g/mol. The Hall–Kier alpha value is -1.89. The fourth-order valence-corrected chi connectivity index (χ4v) is 5.97. The van der Waals surface area contributed by atoms with Crippen molar-refractivity contribution in [1.82, 2.24) is 9.62 Å².